The molecule has 1 aliphatic carbocycles. The van der Waals surface area contributed by atoms with Crippen molar-refractivity contribution in [2.75, 3.05) is 26.0 Å². The number of hydrogen-bond donors (Lipinski definition) is 1. The van der Waals surface area contributed by atoms with Crippen molar-refractivity contribution in [2.24, 2.45) is 0 Å². The second-order valence-electron chi connectivity index (χ2n) is 8.30. The van der Waals surface area contributed by atoms with Crippen molar-refractivity contribution in [3.05, 3.63) is 24.0 Å². The van der Waals surface area contributed by atoms with Crippen LogP contribution in [0.2, 0.25) is 0 Å². The van der Waals surface area contributed by atoms with Crippen molar-refractivity contribution < 1.29 is 22.7 Å². The number of pyridine rings is 1. The Labute approximate surface area is 172 Å². The summed E-state index contributed by atoms with van der Waals surface area (Å²) in [6, 6.07) is 1.31. The number of nitrogens with zero attached hydrogens (tertiary/aromatic N) is 2. The van der Waals surface area contributed by atoms with Crippen LogP contribution >= 0.6 is 0 Å². The van der Waals surface area contributed by atoms with Gasteiger partial charge in [-0.05, 0) is 50.5 Å². The molecule has 3 aliphatic heterocycles. The van der Waals surface area contributed by atoms with Crippen molar-refractivity contribution in [1.82, 2.24) is 14.6 Å². The van der Waals surface area contributed by atoms with E-state index in [0.717, 1.165) is 43.9 Å². The monoisotopic (exact) mass is 423 g/mol. The van der Waals surface area contributed by atoms with Crippen LogP contribution < -0.4 is 9.46 Å². The Kier molecular flexibility index (Phi) is 6.08. The predicted molar refractivity (Wildman–Crippen MR) is 107 cm³/mol. The molecule has 9 heteroatoms. The molecule has 4 heterocycles. The molecule has 0 spiro atoms. The topological polar surface area (TPSA) is 97.8 Å². The van der Waals surface area contributed by atoms with Crippen LogP contribution in [0.1, 0.15) is 50.0 Å². The molecule has 1 N–H and O–H groups in total. The third-order valence-electron chi connectivity index (χ3n) is 6.25. The van der Waals surface area contributed by atoms with E-state index in [1.165, 1.54) is 0 Å². The minimum absolute atomic E-state index is 0.0864. The maximum Gasteiger partial charge on any atom is 0.260 e. The number of carbonyl (C=O) groups excluding carboxylic acids is 1. The summed E-state index contributed by atoms with van der Waals surface area (Å²) in [6.45, 7) is 0.824. The van der Waals surface area contributed by atoms with Crippen molar-refractivity contribution in [3.63, 3.8) is 0 Å². The zero-order valence-electron chi connectivity index (χ0n) is 16.7. The maximum atomic E-state index is 13.0. The van der Waals surface area contributed by atoms with Crippen LogP contribution in [0, 0.1) is 0 Å². The third-order valence-corrected chi connectivity index (χ3v) is 6.98. The lowest BCUT2D eigenvalue weighted by atomic mass is 9.82. The summed E-state index contributed by atoms with van der Waals surface area (Å²) in [4.78, 5) is 18.9. The van der Waals surface area contributed by atoms with Gasteiger partial charge in [-0.15, -0.1) is 0 Å². The standard InChI is InChI=1S/C20H29N3O5S/c1-29(25,26)22-17-3-2-10-23-18(17)12-27-15-6-4-14(5-7-15)16-8-9-21-11-19(16)28-13-20(23)24/h8-9,11,14-15,17-18,22H,2-7,10,12-13H2,1H3. The van der Waals surface area contributed by atoms with Gasteiger partial charge in [0.1, 0.15) is 5.75 Å². The average Bonchev–Trinajstić information content (AvgIpc) is 2.71. The molecular weight excluding hydrogens is 394 g/mol. The lowest BCUT2D eigenvalue weighted by molar-refractivity contribution is -0.140. The van der Waals surface area contributed by atoms with E-state index in [0.29, 0.717) is 31.2 Å². The Balaban J connectivity index is 1.61. The fourth-order valence-corrected chi connectivity index (χ4v) is 5.66. The van der Waals surface area contributed by atoms with Crippen LogP contribution in [-0.2, 0) is 19.6 Å². The minimum atomic E-state index is -3.38. The van der Waals surface area contributed by atoms with Crippen LogP contribution in [0.4, 0.5) is 0 Å². The number of amides is 1. The van der Waals surface area contributed by atoms with E-state index in [1.54, 1.807) is 17.3 Å². The predicted octanol–water partition coefficient (Wildman–Crippen LogP) is 1.43. The van der Waals surface area contributed by atoms with Gasteiger partial charge in [0.15, 0.2) is 6.61 Å². The Hall–Kier alpha value is -1.71. The van der Waals surface area contributed by atoms with Crippen molar-refractivity contribution in [1.29, 1.82) is 0 Å². The summed E-state index contributed by atoms with van der Waals surface area (Å²) in [7, 11) is -3.38. The first kappa shape index (κ1) is 20.6. The summed E-state index contributed by atoms with van der Waals surface area (Å²) in [6.07, 6.45) is 10.0. The molecule has 29 heavy (non-hydrogen) atoms. The van der Waals surface area contributed by atoms with E-state index in [1.807, 2.05) is 6.07 Å². The summed E-state index contributed by atoms with van der Waals surface area (Å²) >= 11 is 0. The molecule has 2 atom stereocenters. The lowest BCUT2D eigenvalue weighted by Gasteiger charge is -2.41. The summed E-state index contributed by atoms with van der Waals surface area (Å²) in [5.41, 5.74) is 1.11. The number of hydrogen-bond acceptors (Lipinski definition) is 6. The number of ether oxygens (including phenoxy) is 2. The average molecular weight is 424 g/mol. The van der Waals surface area contributed by atoms with Gasteiger partial charge in [0, 0.05) is 24.3 Å². The fraction of sp³-hybridized carbons (Fsp3) is 0.700. The molecule has 1 aromatic rings. The second kappa shape index (κ2) is 8.57. The van der Waals surface area contributed by atoms with Gasteiger partial charge in [-0.2, -0.15) is 0 Å². The highest BCUT2D eigenvalue weighted by Crippen LogP contribution is 2.38. The highest BCUT2D eigenvalue weighted by atomic mass is 32.2. The molecule has 8 nitrogen and oxygen atoms in total. The molecule has 4 aliphatic rings. The molecule has 160 valence electrons. The Morgan fingerprint density at radius 3 is 2.76 bits per heavy atom. The van der Waals surface area contributed by atoms with E-state index in [9.17, 15) is 13.2 Å². The molecule has 1 saturated heterocycles. The number of carbonyl (C=O) groups is 1. The van der Waals surface area contributed by atoms with Gasteiger partial charge in [0.2, 0.25) is 10.0 Å². The van der Waals surface area contributed by atoms with Crippen LogP contribution in [0.25, 0.3) is 0 Å². The number of sulfonamides is 1. The molecule has 2 unspecified atom stereocenters. The van der Waals surface area contributed by atoms with E-state index in [2.05, 4.69) is 9.71 Å². The third kappa shape index (κ3) is 4.90. The summed E-state index contributed by atoms with van der Waals surface area (Å²) in [5, 5.41) is 0. The van der Waals surface area contributed by atoms with Gasteiger partial charge in [-0.1, -0.05) is 0 Å². The number of rotatable bonds is 2. The molecule has 1 saturated carbocycles. The minimum Gasteiger partial charge on any atom is -0.482 e. The first-order valence-electron chi connectivity index (χ1n) is 10.4. The number of piperidine rings is 1. The van der Waals surface area contributed by atoms with Crippen molar-refractivity contribution >= 4 is 15.9 Å². The Bertz CT molecular complexity index is 838. The fourth-order valence-electron chi connectivity index (χ4n) is 4.83. The van der Waals surface area contributed by atoms with Gasteiger partial charge in [0.25, 0.3) is 5.91 Å². The molecule has 2 bridgehead atoms. The highest BCUT2D eigenvalue weighted by molar-refractivity contribution is 7.88. The van der Waals surface area contributed by atoms with Gasteiger partial charge in [0.05, 0.1) is 31.2 Å². The van der Waals surface area contributed by atoms with E-state index < -0.39 is 10.0 Å². The summed E-state index contributed by atoms with van der Waals surface area (Å²) < 4.78 is 38.5. The molecular formula is C20H29N3O5S. The lowest BCUT2D eigenvalue weighted by Crippen LogP contribution is -2.59. The highest BCUT2D eigenvalue weighted by Gasteiger charge is 2.37. The van der Waals surface area contributed by atoms with Crippen molar-refractivity contribution in [2.45, 2.75) is 62.6 Å². The van der Waals surface area contributed by atoms with Crippen LogP contribution in [-0.4, -0.2) is 68.4 Å². The van der Waals surface area contributed by atoms with Gasteiger partial charge < -0.3 is 14.4 Å². The molecule has 2 fully saturated rings. The molecule has 0 radical (unpaired) electrons. The smallest absolute Gasteiger partial charge is 0.260 e. The first-order valence-corrected chi connectivity index (χ1v) is 12.2. The first-order chi connectivity index (χ1) is 13.9. The largest absolute Gasteiger partial charge is 0.482 e. The second-order valence-corrected chi connectivity index (χ2v) is 10.1. The summed E-state index contributed by atoms with van der Waals surface area (Å²) in [5.74, 6) is 0.898. The van der Waals surface area contributed by atoms with Crippen LogP contribution in [0.5, 0.6) is 5.75 Å². The van der Waals surface area contributed by atoms with E-state index in [4.69, 9.17) is 9.47 Å². The van der Waals surface area contributed by atoms with Crippen LogP contribution in [0.3, 0.4) is 0 Å². The van der Waals surface area contributed by atoms with Crippen molar-refractivity contribution in [3.8, 4) is 5.75 Å². The normalized spacial score (nSPS) is 30.9. The van der Waals surface area contributed by atoms with Gasteiger partial charge in [-0.3, -0.25) is 9.78 Å². The van der Waals surface area contributed by atoms with Gasteiger partial charge >= 0.3 is 0 Å². The van der Waals surface area contributed by atoms with Crippen LogP contribution in [0.15, 0.2) is 18.5 Å². The van der Waals surface area contributed by atoms with E-state index in [-0.39, 0.29) is 30.7 Å². The number of nitrogens with one attached hydrogen (secondary N) is 1. The molecule has 1 amide bonds. The number of fused-ring (bicyclic) bond motifs is 5. The molecule has 0 aromatic carbocycles. The Morgan fingerprint density at radius 2 is 2.00 bits per heavy atom. The molecule has 5 rings (SSSR count). The maximum absolute atomic E-state index is 13.0. The van der Waals surface area contributed by atoms with Gasteiger partial charge in [-0.25, -0.2) is 13.1 Å². The van der Waals surface area contributed by atoms with E-state index >= 15 is 0 Å². The zero-order valence-corrected chi connectivity index (χ0v) is 17.6. The number of aromatic nitrogens is 1. The zero-order chi connectivity index (χ0) is 20.4. The molecule has 1 aromatic heterocycles. The SMILES string of the molecule is CS(=O)(=O)NC1CCCN2C(=O)COc3cnccc3C3CCC(CC3)OCC12. The Morgan fingerprint density at radius 1 is 1.21 bits per heavy atom. The quantitative estimate of drug-likeness (QED) is 0.773.